The van der Waals surface area contributed by atoms with Gasteiger partial charge in [0.2, 0.25) is 0 Å². The fraction of sp³-hybridized carbons (Fsp3) is 0.273. The lowest BCUT2D eigenvalue weighted by atomic mass is 9.95. The third-order valence-electron chi connectivity index (χ3n) is 5.80. The molecule has 6 heteroatoms. The van der Waals surface area contributed by atoms with Gasteiger partial charge < -0.3 is 4.90 Å². The van der Waals surface area contributed by atoms with Gasteiger partial charge in [-0.2, -0.15) is 5.10 Å². The molecule has 1 unspecified atom stereocenters. The van der Waals surface area contributed by atoms with Crippen LogP contribution in [0.1, 0.15) is 53.3 Å². The Morgan fingerprint density at radius 3 is 2.57 bits per heavy atom. The largest absolute Gasteiger partial charge is 0.323 e. The van der Waals surface area contributed by atoms with E-state index in [4.69, 9.17) is 11.6 Å². The molecule has 5 rings (SSSR count). The van der Waals surface area contributed by atoms with E-state index in [0.29, 0.717) is 10.7 Å². The summed E-state index contributed by atoms with van der Waals surface area (Å²) >= 11 is 9.66. The first-order chi connectivity index (χ1) is 13.6. The Morgan fingerprint density at radius 2 is 1.86 bits per heavy atom. The van der Waals surface area contributed by atoms with Gasteiger partial charge in [-0.15, -0.1) is 0 Å². The van der Waals surface area contributed by atoms with E-state index in [-0.39, 0.29) is 18.0 Å². The van der Waals surface area contributed by atoms with Crippen LogP contribution in [0.25, 0.3) is 11.3 Å². The van der Waals surface area contributed by atoms with Crippen molar-refractivity contribution in [1.82, 2.24) is 15.1 Å². The number of carbonyl (C=O) groups excluding carboxylic acids is 1. The summed E-state index contributed by atoms with van der Waals surface area (Å²) in [6.45, 7) is 0. The molecule has 1 fully saturated rings. The maximum Gasteiger partial charge on any atom is 0.273 e. The average molecular weight is 457 g/mol. The molecule has 2 heterocycles. The predicted molar refractivity (Wildman–Crippen MR) is 113 cm³/mol. The van der Waals surface area contributed by atoms with Crippen molar-refractivity contribution in [1.29, 1.82) is 0 Å². The summed E-state index contributed by atoms with van der Waals surface area (Å²) in [6, 6.07) is 16.0. The molecule has 2 aliphatic rings. The minimum absolute atomic E-state index is 0.0552. The van der Waals surface area contributed by atoms with Gasteiger partial charge in [0.15, 0.2) is 0 Å². The number of rotatable bonds is 3. The first-order valence-electron chi connectivity index (χ1n) is 9.56. The molecule has 1 aliphatic carbocycles. The Balaban J connectivity index is 1.68. The van der Waals surface area contributed by atoms with Crippen molar-refractivity contribution in [2.24, 2.45) is 0 Å². The maximum absolute atomic E-state index is 13.4. The van der Waals surface area contributed by atoms with Gasteiger partial charge in [0, 0.05) is 26.7 Å². The highest BCUT2D eigenvalue weighted by Crippen LogP contribution is 2.46. The molecular formula is C22H19BrClN3O. The highest BCUT2D eigenvalue weighted by molar-refractivity contribution is 9.10. The molecule has 1 N–H and O–H groups in total. The number of halogens is 2. The Labute approximate surface area is 177 Å². The first kappa shape index (κ1) is 18.0. The number of hydrogen-bond acceptors (Lipinski definition) is 2. The molecule has 1 atom stereocenters. The van der Waals surface area contributed by atoms with Crippen molar-refractivity contribution in [3.8, 4) is 11.3 Å². The number of nitrogens with one attached hydrogen (secondary N) is 1. The molecule has 0 bridgehead atoms. The number of H-pyrrole nitrogens is 1. The minimum Gasteiger partial charge on any atom is -0.323 e. The number of benzene rings is 2. The zero-order valence-corrected chi connectivity index (χ0v) is 17.5. The van der Waals surface area contributed by atoms with Crippen LogP contribution in [-0.2, 0) is 0 Å². The highest BCUT2D eigenvalue weighted by atomic mass is 79.9. The molecule has 1 saturated carbocycles. The summed E-state index contributed by atoms with van der Waals surface area (Å²) in [4.78, 5) is 15.5. The monoisotopic (exact) mass is 455 g/mol. The number of fused-ring (bicyclic) bond motifs is 1. The summed E-state index contributed by atoms with van der Waals surface area (Å²) in [7, 11) is 0. The summed E-state index contributed by atoms with van der Waals surface area (Å²) in [6.07, 6.45) is 4.47. The third kappa shape index (κ3) is 2.88. The van der Waals surface area contributed by atoms with E-state index in [9.17, 15) is 4.79 Å². The van der Waals surface area contributed by atoms with Crippen LogP contribution < -0.4 is 0 Å². The van der Waals surface area contributed by atoms with Gasteiger partial charge in [0.1, 0.15) is 5.69 Å². The molecule has 1 aromatic heterocycles. The van der Waals surface area contributed by atoms with Crippen LogP contribution in [0.2, 0.25) is 5.02 Å². The minimum atomic E-state index is -0.132. The fourth-order valence-electron chi connectivity index (χ4n) is 4.56. The van der Waals surface area contributed by atoms with E-state index in [2.05, 4.69) is 43.2 Å². The second kappa shape index (κ2) is 7.05. The second-order valence-corrected chi connectivity index (χ2v) is 8.83. The molecule has 3 aromatic rings. The van der Waals surface area contributed by atoms with E-state index < -0.39 is 0 Å². The fourth-order valence-corrected chi connectivity index (χ4v) is 5.10. The molecule has 4 nitrogen and oxygen atoms in total. The summed E-state index contributed by atoms with van der Waals surface area (Å²) < 4.78 is 1.01. The number of nitrogens with zero attached hydrogens (tertiary/aromatic N) is 2. The van der Waals surface area contributed by atoms with Crippen molar-refractivity contribution in [2.75, 3.05) is 0 Å². The van der Waals surface area contributed by atoms with Crippen molar-refractivity contribution < 1.29 is 4.79 Å². The predicted octanol–water partition coefficient (Wildman–Crippen LogP) is 5.98. The van der Waals surface area contributed by atoms with Crippen molar-refractivity contribution >= 4 is 33.4 Å². The van der Waals surface area contributed by atoms with Crippen LogP contribution in [0.3, 0.4) is 0 Å². The number of aromatic amines is 1. The van der Waals surface area contributed by atoms with E-state index >= 15 is 0 Å². The van der Waals surface area contributed by atoms with Crippen molar-refractivity contribution in [2.45, 2.75) is 37.8 Å². The molecule has 0 radical (unpaired) electrons. The molecular weight excluding hydrogens is 438 g/mol. The summed E-state index contributed by atoms with van der Waals surface area (Å²) in [5, 5.41) is 8.23. The van der Waals surface area contributed by atoms with Crippen LogP contribution in [0.15, 0.2) is 53.0 Å². The lowest BCUT2D eigenvalue weighted by Gasteiger charge is -2.32. The van der Waals surface area contributed by atoms with Crippen LogP contribution >= 0.6 is 27.5 Å². The van der Waals surface area contributed by atoms with E-state index in [0.717, 1.165) is 39.7 Å². The van der Waals surface area contributed by atoms with E-state index in [1.165, 1.54) is 12.8 Å². The molecule has 1 aliphatic heterocycles. The van der Waals surface area contributed by atoms with Crippen molar-refractivity contribution in [3.63, 3.8) is 0 Å². The Kier molecular flexibility index (Phi) is 4.52. The van der Waals surface area contributed by atoms with Crippen LogP contribution in [0, 0.1) is 0 Å². The smallest absolute Gasteiger partial charge is 0.273 e. The lowest BCUT2D eigenvalue weighted by molar-refractivity contribution is 0.0660. The first-order valence-corrected chi connectivity index (χ1v) is 10.7. The maximum atomic E-state index is 13.4. The van der Waals surface area contributed by atoms with Crippen molar-refractivity contribution in [3.05, 3.63) is 74.8 Å². The molecule has 28 heavy (non-hydrogen) atoms. The van der Waals surface area contributed by atoms with Gasteiger partial charge in [-0.25, -0.2) is 0 Å². The summed E-state index contributed by atoms with van der Waals surface area (Å²) in [5.41, 5.74) is 4.47. The lowest BCUT2D eigenvalue weighted by Crippen LogP contribution is -2.37. The normalized spacial score (nSPS) is 19.4. The molecule has 0 saturated heterocycles. The Hall–Kier alpha value is -2.11. The van der Waals surface area contributed by atoms with Gasteiger partial charge in [0.25, 0.3) is 5.91 Å². The zero-order chi connectivity index (χ0) is 19.3. The van der Waals surface area contributed by atoms with Crippen LogP contribution in [-0.4, -0.2) is 27.0 Å². The van der Waals surface area contributed by atoms with Crippen LogP contribution in [0.4, 0.5) is 0 Å². The average Bonchev–Trinajstić information content (AvgIpc) is 3.40. The molecule has 142 valence electrons. The molecule has 1 amide bonds. The number of hydrogen-bond donors (Lipinski definition) is 1. The van der Waals surface area contributed by atoms with Gasteiger partial charge in [-0.1, -0.05) is 64.6 Å². The number of aromatic nitrogens is 2. The zero-order valence-electron chi connectivity index (χ0n) is 15.2. The van der Waals surface area contributed by atoms with Gasteiger partial charge in [-0.05, 0) is 42.7 Å². The Morgan fingerprint density at radius 1 is 1.11 bits per heavy atom. The standard InChI is InChI=1S/C22H19BrClN3O/c23-15-5-3-4-14(12-15)21-18-19(13-8-10-16(24)11-9-13)25-26-20(18)22(28)27(21)17-6-1-2-7-17/h3-5,8-12,17,21H,1-2,6-7H2,(H,25,26). The summed E-state index contributed by atoms with van der Waals surface area (Å²) in [5.74, 6) is 0.0552. The highest BCUT2D eigenvalue weighted by Gasteiger charge is 2.45. The van der Waals surface area contributed by atoms with E-state index in [1.807, 2.05) is 36.4 Å². The Bertz CT molecular complexity index is 1040. The number of amides is 1. The van der Waals surface area contributed by atoms with Gasteiger partial charge in [0.05, 0.1) is 11.7 Å². The molecule has 2 aromatic carbocycles. The van der Waals surface area contributed by atoms with Crippen LogP contribution in [0.5, 0.6) is 0 Å². The number of carbonyl (C=O) groups is 1. The van der Waals surface area contributed by atoms with Gasteiger partial charge >= 0.3 is 0 Å². The topological polar surface area (TPSA) is 49.0 Å². The quantitative estimate of drug-likeness (QED) is 0.527. The van der Waals surface area contributed by atoms with E-state index in [1.54, 1.807) is 0 Å². The second-order valence-electron chi connectivity index (χ2n) is 7.48. The third-order valence-corrected chi connectivity index (χ3v) is 6.55. The SMILES string of the molecule is O=C1c2[nH]nc(-c3ccc(Cl)cc3)c2C(c2cccc(Br)c2)N1C1CCCC1. The van der Waals surface area contributed by atoms with Gasteiger partial charge in [-0.3, -0.25) is 9.89 Å². The molecule has 0 spiro atoms.